The van der Waals surface area contributed by atoms with Gasteiger partial charge in [0.05, 0.1) is 13.7 Å². The second-order valence-electron chi connectivity index (χ2n) is 8.17. The van der Waals surface area contributed by atoms with Crippen molar-refractivity contribution in [2.45, 2.75) is 31.9 Å². The summed E-state index contributed by atoms with van der Waals surface area (Å²) in [7, 11) is 3.59. The van der Waals surface area contributed by atoms with Crippen LogP contribution in [0.1, 0.15) is 24.8 Å². The Hall–Kier alpha value is -2.77. The summed E-state index contributed by atoms with van der Waals surface area (Å²) in [6.45, 7) is 3.70. The SMILES string of the molecule is COc1ccc(OC[C@@H](O)CN(C)Cc2ccc(OCCCN3CCCC3=O)cc2)cc1. The number of benzene rings is 2. The van der Waals surface area contributed by atoms with E-state index in [0.29, 0.717) is 25.3 Å². The molecule has 2 aromatic rings. The van der Waals surface area contributed by atoms with E-state index in [1.165, 1.54) is 0 Å². The maximum Gasteiger partial charge on any atom is 0.222 e. The van der Waals surface area contributed by atoms with E-state index in [0.717, 1.165) is 49.5 Å². The van der Waals surface area contributed by atoms with Crippen LogP contribution in [0.15, 0.2) is 48.5 Å². The molecule has 1 aliphatic heterocycles. The minimum Gasteiger partial charge on any atom is -0.497 e. The predicted octanol–water partition coefficient (Wildman–Crippen LogP) is 2.96. The molecule has 0 unspecified atom stereocenters. The van der Waals surface area contributed by atoms with Crippen LogP contribution in [0.2, 0.25) is 0 Å². The van der Waals surface area contributed by atoms with Gasteiger partial charge in [0.1, 0.15) is 30.0 Å². The third-order valence-corrected chi connectivity index (χ3v) is 5.41. The van der Waals surface area contributed by atoms with Crippen molar-refractivity contribution in [3.63, 3.8) is 0 Å². The van der Waals surface area contributed by atoms with E-state index >= 15 is 0 Å². The van der Waals surface area contributed by atoms with Gasteiger partial charge >= 0.3 is 0 Å². The Balaban J connectivity index is 1.32. The molecule has 0 aromatic heterocycles. The van der Waals surface area contributed by atoms with Gasteiger partial charge in [-0.2, -0.15) is 0 Å². The van der Waals surface area contributed by atoms with Gasteiger partial charge in [-0.1, -0.05) is 12.1 Å². The molecule has 1 N–H and O–H groups in total. The Labute approximate surface area is 190 Å². The van der Waals surface area contributed by atoms with Crippen molar-refractivity contribution >= 4 is 5.91 Å². The maximum atomic E-state index is 11.6. The molecule has 0 bridgehead atoms. The highest BCUT2D eigenvalue weighted by molar-refractivity contribution is 5.77. The highest BCUT2D eigenvalue weighted by atomic mass is 16.5. The second kappa shape index (κ2) is 12.3. The molecule has 7 nitrogen and oxygen atoms in total. The van der Waals surface area contributed by atoms with Crippen LogP contribution in [0, 0.1) is 0 Å². The molecule has 1 amide bonds. The van der Waals surface area contributed by atoms with Crippen molar-refractivity contribution in [2.75, 3.05) is 47.0 Å². The molecule has 1 heterocycles. The molecule has 1 atom stereocenters. The van der Waals surface area contributed by atoms with E-state index in [1.54, 1.807) is 7.11 Å². The van der Waals surface area contributed by atoms with Gasteiger partial charge in [0.25, 0.3) is 0 Å². The maximum absolute atomic E-state index is 11.6. The zero-order chi connectivity index (χ0) is 22.8. The van der Waals surface area contributed by atoms with Gasteiger partial charge in [-0.15, -0.1) is 0 Å². The van der Waals surface area contributed by atoms with Crippen LogP contribution in [0.5, 0.6) is 17.2 Å². The van der Waals surface area contributed by atoms with E-state index in [1.807, 2.05) is 60.5 Å². The summed E-state index contributed by atoms with van der Waals surface area (Å²) in [6, 6.07) is 15.3. The monoisotopic (exact) mass is 442 g/mol. The normalized spacial score (nSPS) is 14.6. The minimum atomic E-state index is -0.591. The number of likely N-dealkylation sites (tertiary alicyclic amines) is 1. The molecular formula is C25H34N2O5. The fraction of sp³-hybridized carbons (Fsp3) is 0.480. The molecule has 32 heavy (non-hydrogen) atoms. The second-order valence-corrected chi connectivity index (χ2v) is 8.17. The molecule has 0 spiro atoms. The lowest BCUT2D eigenvalue weighted by molar-refractivity contribution is -0.127. The smallest absolute Gasteiger partial charge is 0.222 e. The number of aliphatic hydroxyl groups excluding tert-OH is 1. The quantitative estimate of drug-likeness (QED) is 0.481. The standard InChI is InChI=1S/C25H34N2O5/c1-26(18-21(28)19-32-24-12-10-22(30-2)11-13-24)17-20-6-8-23(9-7-20)31-16-4-15-27-14-3-5-25(27)29/h6-13,21,28H,3-5,14-19H2,1-2H3/t21-/m0/s1. The minimum absolute atomic E-state index is 0.229. The molecule has 1 aliphatic rings. The number of hydrogen-bond donors (Lipinski definition) is 1. The Morgan fingerprint density at radius 3 is 2.34 bits per heavy atom. The van der Waals surface area contributed by atoms with Crippen LogP contribution in [0.25, 0.3) is 0 Å². The topological polar surface area (TPSA) is 71.5 Å². The highest BCUT2D eigenvalue weighted by Crippen LogP contribution is 2.18. The molecule has 174 valence electrons. The molecule has 0 aliphatic carbocycles. The van der Waals surface area contributed by atoms with Gasteiger partial charge in [0.15, 0.2) is 0 Å². The summed E-state index contributed by atoms with van der Waals surface area (Å²) in [5.74, 6) is 2.57. The first-order chi connectivity index (χ1) is 15.5. The lowest BCUT2D eigenvalue weighted by Gasteiger charge is -2.21. The Morgan fingerprint density at radius 2 is 1.69 bits per heavy atom. The Morgan fingerprint density at radius 1 is 1.03 bits per heavy atom. The van der Waals surface area contributed by atoms with Gasteiger partial charge in [-0.05, 0) is 61.9 Å². The number of carbonyl (C=O) groups is 1. The van der Waals surface area contributed by atoms with Crippen LogP contribution in [0.4, 0.5) is 0 Å². The average molecular weight is 443 g/mol. The van der Waals surface area contributed by atoms with E-state index in [9.17, 15) is 9.90 Å². The summed E-state index contributed by atoms with van der Waals surface area (Å²) in [5, 5.41) is 10.3. The third kappa shape index (κ3) is 7.73. The van der Waals surface area contributed by atoms with Crippen molar-refractivity contribution in [1.29, 1.82) is 0 Å². The lowest BCUT2D eigenvalue weighted by atomic mass is 10.2. The van der Waals surface area contributed by atoms with Crippen LogP contribution in [-0.2, 0) is 11.3 Å². The number of methoxy groups -OCH3 is 1. The number of hydrogen-bond acceptors (Lipinski definition) is 6. The largest absolute Gasteiger partial charge is 0.497 e. The van der Waals surface area contributed by atoms with Gasteiger partial charge in [-0.25, -0.2) is 0 Å². The first kappa shape index (κ1) is 23.9. The molecule has 3 rings (SSSR count). The van der Waals surface area contributed by atoms with Crippen molar-refractivity contribution in [1.82, 2.24) is 9.80 Å². The highest BCUT2D eigenvalue weighted by Gasteiger charge is 2.19. The number of ether oxygens (including phenoxy) is 3. The number of rotatable bonds is 13. The van der Waals surface area contributed by atoms with E-state index in [-0.39, 0.29) is 12.5 Å². The van der Waals surface area contributed by atoms with E-state index in [4.69, 9.17) is 14.2 Å². The van der Waals surface area contributed by atoms with Crippen LogP contribution < -0.4 is 14.2 Å². The zero-order valence-electron chi connectivity index (χ0n) is 19.0. The molecule has 2 aromatic carbocycles. The number of likely N-dealkylation sites (N-methyl/N-ethyl adjacent to an activating group) is 1. The summed E-state index contributed by atoms with van der Waals surface area (Å²) in [5.41, 5.74) is 1.14. The predicted molar refractivity (Wildman–Crippen MR) is 123 cm³/mol. The number of amides is 1. The molecule has 1 fully saturated rings. The number of nitrogens with zero attached hydrogens (tertiary/aromatic N) is 2. The van der Waals surface area contributed by atoms with Gasteiger partial charge < -0.3 is 24.2 Å². The Bertz CT molecular complexity index is 825. The Kier molecular flexibility index (Phi) is 9.19. The molecule has 0 radical (unpaired) electrons. The molecule has 0 saturated carbocycles. The zero-order valence-corrected chi connectivity index (χ0v) is 19.0. The molecule has 7 heteroatoms. The van der Waals surface area contributed by atoms with Crippen molar-refractivity contribution < 1.29 is 24.1 Å². The first-order valence-electron chi connectivity index (χ1n) is 11.2. The third-order valence-electron chi connectivity index (χ3n) is 5.41. The van der Waals surface area contributed by atoms with E-state index in [2.05, 4.69) is 4.90 Å². The lowest BCUT2D eigenvalue weighted by Crippen LogP contribution is -2.32. The van der Waals surface area contributed by atoms with Gasteiger partial charge in [0, 0.05) is 32.6 Å². The van der Waals surface area contributed by atoms with Crippen LogP contribution in [0.3, 0.4) is 0 Å². The number of carbonyl (C=O) groups excluding carboxylic acids is 1. The molecule has 1 saturated heterocycles. The first-order valence-corrected chi connectivity index (χ1v) is 11.2. The van der Waals surface area contributed by atoms with Crippen LogP contribution in [-0.4, -0.2) is 73.9 Å². The summed E-state index contributed by atoms with van der Waals surface area (Å²) in [6.07, 6.45) is 1.91. The van der Waals surface area contributed by atoms with Crippen LogP contribution >= 0.6 is 0 Å². The van der Waals surface area contributed by atoms with Crippen molar-refractivity contribution in [2.24, 2.45) is 0 Å². The van der Waals surface area contributed by atoms with Gasteiger partial charge in [-0.3, -0.25) is 9.69 Å². The van der Waals surface area contributed by atoms with Gasteiger partial charge in [0.2, 0.25) is 5.91 Å². The molecular weight excluding hydrogens is 408 g/mol. The fourth-order valence-corrected chi connectivity index (χ4v) is 3.73. The fourth-order valence-electron chi connectivity index (χ4n) is 3.73. The summed E-state index contributed by atoms with van der Waals surface area (Å²) in [4.78, 5) is 15.6. The van der Waals surface area contributed by atoms with Crippen molar-refractivity contribution in [3.05, 3.63) is 54.1 Å². The number of aliphatic hydroxyl groups is 1. The summed E-state index contributed by atoms with van der Waals surface area (Å²) < 4.78 is 16.6. The summed E-state index contributed by atoms with van der Waals surface area (Å²) >= 11 is 0. The van der Waals surface area contributed by atoms with E-state index < -0.39 is 6.10 Å². The average Bonchev–Trinajstić information content (AvgIpc) is 3.21. The van der Waals surface area contributed by atoms with Crippen molar-refractivity contribution in [3.8, 4) is 17.2 Å².